The van der Waals surface area contributed by atoms with Gasteiger partial charge in [0, 0.05) is 6.54 Å². The third kappa shape index (κ3) is 5.25. The number of likely N-dealkylation sites (tertiary alicyclic amines) is 1. The second-order valence-electron chi connectivity index (χ2n) is 12.0. The summed E-state index contributed by atoms with van der Waals surface area (Å²) < 4.78 is 12.7. The van der Waals surface area contributed by atoms with E-state index < -0.39 is 26.6 Å². The van der Waals surface area contributed by atoms with Gasteiger partial charge in [-0.25, -0.2) is 4.79 Å². The first-order chi connectivity index (χ1) is 18.6. The Morgan fingerprint density at radius 1 is 0.897 bits per heavy atom. The molecule has 0 spiro atoms. The molecular formula is C32H38N2O4Si. The van der Waals surface area contributed by atoms with Crippen LogP contribution in [0, 0.1) is 0 Å². The van der Waals surface area contributed by atoms with Crippen molar-refractivity contribution < 1.29 is 18.8 Å². The molecule has 3 aromatic rings. The summed E-state index contributed by atoms with van der Waals surface area (Å²) in [6, 6.07) is 28.5. The summed E-state index contributed by atoms with van der Waals surface area (Å²) in [6.45, 7) is 11.8. The van der Waals surface area contributed by atoms with Crippen molar-refractivity contribution in [3.63, 3.8) is 0 Å². The highest BCUT2D eigenvalue weighted by Gasteiger charge is 2.60. The number of hydrogen-bond acceptors (Lipinski definition) is 4. The summed E-state index contributed by atoms with van der Waals surface area (Å²) in [5.74, 6) is -0.0802. The Balaban J connectivity index is 1.59. The lowest BCUT2D eigenvalue weighted by Crippen LogP contribution is -2.73. The summed E-state index contributed by atoms with van der Waals surface area (Å²) >= 11 is 0. The molecule has 5 rings (SSSR count). The lowest BCUT2D eigenvalue weighted by atomic mass is 9.84. The van der Waals surface area contributed by atoms with E-state index in [0.717, 1.165) is 16.7 Å². The monoisotopic (exact) mass is 542 g/mol. The number of carbonyl (C=O) groups is 2. The molecule has 39 heavy (non-hydrogen) atoms. The van der Waals surface area contributed by atoms with Gasteiger partial charge in [0.2, 0.25) is 5.91 Å². The summed E-state index contributed by atoms with van der Waals surface area (Å²) in [7, 11) is -2.28. The molecule has 2 fully saturated rings. The molecule has 0 radical (unpaired) electrons. The van der Waals surface area contributed by atoms with E-state index in [1.54, 1.807) is 4.90 Å². The van der Waals surface area contributed by atoms with Gasteiger partial charge >= 0.3 is 6.09 Å². The maximum Gasteiger partial charge on any atom is 0.411 e. The zero-order chi connectivity index (χ0) is 27.8. The van der Waals surface area contributed by atoms with Gasteiger partial charge in [-0.15, -0.1) is 0 Å². The number of hydrogen-bond donors (Lipinski definition) is 0. The fourth-order valence-corrected chi connectivity index (χ4v) is 6.53. The summed E-state index contributed by atoms with van der Waals surface area (Å²) in [5.41, 5.74) is 3.00. The molecule has 2 heterocycles. The minimum atomic E-state index is -2.28. The van der Waals surface area contributed by atoms with Gasteiger partial charge in [0.15, 0.2) is 8.32 Å². The molecule has 6 nitrogen and oxygen atoms in total. The van der Waals surface area contributed by atoms with Crippen molar-refractivity contribution in [3.05, 3.63) is 108 Å². The molecule has 0 saturated carbocycles. The van der Waals surface area contributed by atoms with Crippen LogP contribution in [0.25, 0.3) is 0 Å². The lowest BCUT2D eigenvalue weighted by Gasteiger charge is -2.55. The number of benzene rings is 3. The second-order valence-corrected chi connectivity index (χ2v) is 16.8. The third-order valence-corrected chi connectivity index (χ3v) is 12.9. The third-order valence-electron chi connectivity index (χ3n) is 8.48. The number of nitrogens with zero attached hydrogens (tertiary/aromatic N) is 2. The van der Waals surface area contributed by atoms with E-state index in [1.807, 2.05) is 83.8 Å². The predicted octanol–water partition coefficient (Wildman–Crippen LogP) is 6.72. The van der Waals surface area contributed by atoms with Crippen molar-refractivity contribution in [2.75, 3.05) is 6.61 Å². The second kappa shape index (κ2) is 10.6. The van der Waals surface area contributed by atoms with E-state index in [9.17, 15) is 9.59 Å². The minimum absolute atomic E-state index is 0.0350. The number of cyclic esters (lactones) is 1. The summed E-state index contributed by atoms with van der Waals surface area (Å²) in [5, 5.41) is -0.0350. The summed E-state index contributed by atoms with van der Waals surface area (Å²) in [6.07, 6.45) is -0.853. The van der Waals surface area contributed by atoms with E-state index >= 15 is 0 Å². The van der Waals surface area contributed by atoms with E-state index in [1.165, 1.54) is 0 Å². The van der Waals surface area contributed by atoms with E-state index in [-0.39, 0.29) is 29.6 Å². The first-order valence-electron chi connectivity index (χ1n) is 13.7. The Morgan fingerprint density at radius 3 is 2.05 bits per heavy atom. The van der Waals surface area contributed by atoms with Crippen molar-refractivity contribution in [1.82, 2.24) is 9.80 Å². The van der Waals surface area contributed by atoms with Crippen molar-refractivity contribution >= 4 is 20.3 Å². The number of ether oxygens (including phenoxy) is 1. The van der Waals surface area contributed by atoms with Crippen molar-refractivity contribution in [1.29, 1.82) is 0 Å². The molecule has 2 saturated heterocycles. The van der Waals surface area contributed by atoms with Gasteiger partial charge in [0.25, 0.3) is 0 Å². The van der Waals surface area contributed by atoms with Crippen LogP contribution in [0.2, 0.25) is 18.1 Å². The Bertz CT molecular complexity index is 1290. The molecule has 0 N–H and O–H groups in total. The zero-order valence-electron chi connectivity index (χ0n) is 23.4. The van der Waals surface area contributed by atoms with Crippen LogP contribution in [0.4, 0.5) is 4.79 Å². The molecule has 2 aliphatic heterocycles. The Labute approximate surface area is 232 Å². The number of β-lactam (4-membered cyclic amide) rings is 1. The van der Waals surface area contributed by atoms with Crippen LogP contribution in [0.5, 0.6) is 0 Å². The molecule has 0 aromatic heterocycles. The van der Waals surface area contributed by atoms with Gasteiger partial charge in [0.05, 0.1) is 18.2 Å². The highest BCUT2D eigenvalue weighted by Crippen LogP contribution is 2.47. The quantitative estimate of drug-likeness (QED) is 0.234. The van der Waals surface area contributed by atoms with Crippen LogP contribution in [0.1, 0.15) is 49.6 Å². The fraction of sp³-hybridized carbons (Fsp3) is 0.375. The molecule has 2 amide bonds. The average molecular weight is 543 g/mol. The number of carbonyl (C=O) groups excluding carboxylic acids is 2. The van der Waals surface area contributed by atoms with E-state index in [2.05, 4.69) is 46.0 Å². The largest absolute Gasteiger partial charge is 0.447 e. The molecule has 0 unspecified atom stereocenters. The summed E-state index contributed by atoms with van der Waals surface area (Å²) in [4.78, 5) is 30.8. The fourth-order valence-electron chi connectivity index (χ4n) is 5.27. The van der Waals surface area contributed by atoms with E-state index in [0.29, 0.717) is 6.54 Å². The molecule has 3 aromatic carbocycles. The van der Waals surface area contributed by atoms with Crippen LogP contribution < -0.4 is 0 Å². The van der Waals surface area contributed by atoms with Gasteiger partial charge in [-0.3, -0.25) is 9.69 Å². The SMILES string of the molecule is CC(C)(C)[Si](C)(C)O[C@@H](c1ccccc1)[C@@H]1[C@H](N2C(=O)OC[C@@H]2c2ccccc2)C(=O)N1Cc1ccccc1. The molecule has 7 heteroatoms. The minimum Gasteiger partial charge on any atom is -0.447 e. The molecule has 0 bridgehead atoms. The zero-order valence-corrected chi connectivity index (χ0v) is 24.4. The molecular weight excluding hydrogens is 504 g/mol. The van der Waals surface area contributed by atoms with Crippen LogP contribution >= 0.6 is 0 Å². The Hall–Kier alpha value is -3.42. The van der Waals surface area contributed by atoms with Gasteiger partial charge in [-0.05, 0) is 34.8 Å². The number of amides is 2. The first-order valence-corrected chi connectivity index (χ1v) is 16.6. The molecule has 0 aliphatic carbocycles. The van der Waals surface area contributed by atoms with Crippen molar-refractivity contribution in [2.24, 2.45) is 0 Å². The Morgan fingerprint density at radius 2 is 1.46 bits per heavy atom. The van der Waals surface area contributed by atoms with Crippen LogP contribution in [-0.2, 0) is 20.5 Å². The van der Waals surface area contributed by atoms with Gasteiger partial charge in [-0.2, -0.15) is 0 Å². The Kier molecular flexibility index (Phi) is 7.40. The van der Waals surface area contributed by atoms with Gasteiger partial charge in [-0.1, -0.05) is 112 Å². The van der Waals surface area contributed by atoms with E-state index in [4.69, 9.17) is 9.16 Å². The highest BCUT2D eigenvalue weighted by atomic mass is 28.4. The van der Waals surface area contributed by atoms with Gasteiger partial charge in [0.1, 0.15) is 12.6 Å². The average Bonchev–Trinajstić information content (AvgIpc) is 3.30. The van der Waals surface area contributed by atoms with Crippen LogP contribution in [-0.4, -0.2) is 48.8 Å². The van der Waals surface area contributed by atoms with Crippen molar-refractivity contribution in [2.45, 2.75) is 69.7 Å². The molecule has 2 aliphatic rings. The maximum absolute atomic E-state index is 14.0. The van der Waals surface area contributed by atoms with Gasteiger partial charge < -0.3 is 14.1 Å². The maximum atomic E-state index is 14.0. The smallest absolute Gasteiger partial charge is 0.411 e. The highest BCUT2D eigenvalue weighted by molar-refractivity contribution is 6.74. The lowest BCUT2D eigenvalue weighted by molar-refractivity contribution is -0.167. The first kappa shape index (κ1) is 27.2. The van der Waals surface area contributed by atoms with Crippen molar-refractivity contribution in [3.8, 4) is 0 Å². The van der Waals surface area contributed by atoms with Crippen LogP contribution in [0.15, 0.2) is 91.0 Å². The normalized spacial score (nSPS) is 22.4. The predicted molar refractivity (Wildman–Crippen MR) is 154 cm³/mol. The molecule has 204 valence electrons. The standard InChI is InChI=1S/C32H38N2O4Si/c1-32(2,3)39(4,5)38-29(25-19-13-8-14-20-25)27-28(30(35)33(27)21-23-15-9-6-10-16-23)34-26(22-37-31(34)36)24-17-11-7-12-18-24/h6-20,26-29H,21-22H2,1-5H3/t26-,27+,28+,29+/m1/s1. The molecule has 4 atom stereocenters. The topological polar surface area (TPSA) is 59.1 Å². The number of rotatable bonds is 8. The van der Waals surface area contributed by atoms with Crippen LogP contribution in [0.3, 0.4) is 0 Å².